The lowest BCUT2D eigenvalue weighted by molar-refractivity contribution is 0.0479. The van der Waals surface area contributed by atoms with Crippen molar-refractivity contribution in [2.24, 2.45) is 41.4 Å². The van der Waals surface area contributed by atoms with Crippen molar-refractivity contribution in [3.8, 4) is 0 Å². The Kier molecular flexibility index (Phi) is 2.50. The molecule has 3 saturated carbocycles. The molecule has 3 N–H and O–H groups in total. The summed E-state index contributed by atoms with van der Waals surface area (Å²) in [5.74, 6) is 11.7. The van der Waals surface area contributed by atoms with Crippen LogP contribution in [0.1, 0.15) is 32.1 Å². The molecule has 0 aromatic heterocycles. The lowest BCUT2D eigenvalue weighted by atomic mass is 9.85. The fourth-order valence-electron chi connectivity index (χ4n) is 5.51. The van der Waals surface area contributed by atoms with E-state index < -0.39 is 0 Å². The molecule has 4 fully saturated rings. The molecular formula is C14H24N2O. The number of hydrogen-bond donors (Lipinski definition) is 2. The second-order valence-corrected chi connectivity index (χ2v) is 6.71. The summed E-state index contributed by atoms with van der Waals surface area (Å²) in [7, 11) is 0. The van der Waals surface area contributed by atoms with Crippen molar-refractivity contribution in [3.63, 3.8) is 0 Å². The molecule has 0 aromatic rings. The number of nitrogens with one attached hydrogen (secondary N) is 1. The van der Waals surface area contributed by atoms with Crippen LogP contribution in [0.25, 0.3) is 0 Å². The molecule has 4 rings (SSSR count). The maximum absolute atomic E-state index is 5.87. The topological polar surface area (TPSA) is 47.3 Å². The number of rotatable bonds is 3. The number of nitrogens with two attached hydrogens (primary N) is 1. The molecule has 0 amide bonds. The second kappa shape index (κ2) is 3.94. The highest BCUT2D eigenvalue weighted by Crippen LogP contribution is 2.70. The van der Waals surface area contributed by atoms with E-state index >= 15 is 0 Å². The zero-order chi connectivity index (χ0) is 11.4. The molecule has 17 heavy (non-hydrogen) atoms. The largest absolute Gasteiger partial charge is 0.381 e. The van der Waals surface area contributed by atoms with Crippen LogP contribution >= 0.6 is 0 Å². The maximum atomic E-state index is 5.87. The first kappa shape index (κ1) is 10.8. The van der Waals surface area contributed by atoms with E-state index in [2.05, 4.69) is 5.43 Å². The summed E-state index contributed by atoms with van der Waals surface area (Å²) in [6, 6.07) is 0.581. The highest BCUT2D eigenvalue weighted by molar-refractivity contribution is 5.16. The van der Waals surface area contributed by atoms with Gasteiger partial charge in [-0.2, -0.15) is 0 Å². The minimum Gasteiger partial charge on any atom is -0.381 e. The van der Waals surface area contributed by atoms with Crippen LogP contribution in [0, 0.1) is 35.5 Å². The summed E-state index contributed by atoms with van der Waals surface area (Å²) >= 11 is 0. The smallest absolute Gasteiger partial charge is 0.0469 e. The molecule has 1 saturated heterocycles. The first-order chi connectivity index (χ1) is 8.40. The van der Waals surface area contributed by atoms with Crippen LogP contribution in [-0.4, -0.2) is 19.3 Å². The summed E-state index contributed by atoms with van der Waals surface area (Å²) in [5.41, 5.74) is 3.18. The highest BCUT2D eigenvalue weighted by atomic mass is 16.5. The Bertz CT molecular complexity index is 287. The Morgan fingerprint density at radius 2 is 1.65 bits per heavy atom. The van der Waals surface area contributed by atoms with Crippen LogP contribution in [-0.2, 0) is 4.74 Å². The number of hydrazine groups is 1. The third kappa shape index (κ3) is 1.52. The monoisotopic (exact) mass is 236 g/mol. The first-order valence-electron chi connectivity index (χ1n) is 7.44. The third-order valence-electron chi connectivity index (χ3n) is 6.18. The van der Waals surface area contributed by atoms with Crippen molar-refractivity contribution in [1.82, 2.24) is 5.43 Å². The molecule has 0 radical (unpaired) electrons. The first-order valence-corrected chi connectivity index (χ1v) is 7.44. The molecule has 5 unspecified atom stereocenters. The van der Waals surface area contributed by atoms with E-state index in [9.17, 15) is 0 Å². The Morgan fingerprint density at radius 1 is 1.00 bits per heavy atom. The maximum Gasteiger partial charge on any atom is 0.0469 e. The van der Waals surface area contributed by atoms with Crippen molar-refractivity contribution in [2.75, 3.05) is 13.2 Å². The predicted octanol–water partition coefficient (Wildman–Crippen LogP) is 1.54. The SMILES string of the molecule is NNC(C1CCOCC1)C1C2C3CCC(C3)C21. The van der Waals surface area contributed by atoms with E-state index in [1.165, 1.54) is 32.1 Å². The minimum absolute atomic E-state index is 0.581. The average molecular weight is 236 g/mol. The van der Waals surface area contributed by atoms with Gasteiger partial charge in [0, 0.05) is 19.3 Å². The van der Waals surface area contributed by atoms with Crippen LogP contribution in [0.4, 0.5) is 0 Å². The predicted molar refractivity (Wildman–Crippen MR) is 66.0 cm³/mol. The van der Waals surface area contributed by atoms with Gasteiger partial charge < -0.3 is 4.74 Å². The van der Waals surface area contributed by atoms with Crippen LogP contribution < -0.4 is 11.3 Å². The van der Waals surface area contributed by atoms with Gasteiger partial charge in [0.15, 0.2) is 0 Å². The van der Waals surface area contributed by atoms with Gasteiger partial charge in [0.05, 0.1) is 0 Å². The van der Waals surface area contributed by atoms with Crippen LogP contribution in [0.3, 0.4) is 0 Å². The fourth-order valence-corrected chi connectivity index (χ4v) is 5.51. The van der Waals surface area contributed by atoms with Crippen LogP contribution in [0.2, 0.25) is 0 Å². The van der Waals surface area contributed by atoms with Gasteiger partial charge >= 0.3 is 0 Å². The van der Waals surface area contributed by atoms with Crippen molar-refractivity contribution in [2.45, 2.75) is 38.1 Å². The highest BCUT2D eigenvalue weighted by Gasteiger charge is 2.67. The van der Waals surface area contributed by atoms with Crippen LogP contribution in [0.5, 0.6) is 0 Å². The Morgan fingerprint density at radius 3 is 2.24 bits per heavy atom. The van der Waals surface area contributed by atoms with Gasteiger partial charge in [-0.25, -0.2) is 0 Å². The molecule has 4 aliphatic rings. The van der Waals surface area contributed by atoms with E-state index in [1.807, 2.05) is 0 Å². The van der Waals surface area contributed by atoms with Gasteiger partial charge in [-0.15, -0.1) is 0 Å². The summed E-state index contributed by atoms with van der Waals surface area (Å²) < 4.78 is 5.47. The van der Waals surface area contributed by atoms with E-state index in [-0.39, 0.29) is 0 Å². The lowest BCUT2D eigenvalue weighted by Gasteiger charge is -2.31. The molecule has 3 nitrogen and oxygen atoms in total. The number of ether oxygens (including phenoxy) is 1. The summed E-state index contributed by atoms with van der Waals surface area (Å²) in [5, 5.41) is 0. The van der Waals surface area contributed by atoms with E-state index in [0.717, 1.165) is 48.7 Å². The Hall–Kier alpha value is -0.120. The molecule has 0 spiro atoms. The lowest BCUT2D eigenvalue weighted by Crippen LogP contribution is -2.45. The molecule has 2 bridgehead atoms. The van der Waals surface area contributed by atoms with Gasteiger partial charge in [-0.3, -0.25) is 11.3 Å². The van der Waals surface area contributed by atoms with Crippen molar-refractivity contribution >= 4 is 0 Å². The van der Waals surface area contributed by atoms with Crippen molar-refractivity contribution in [1.29, 1.82) is 0 Å². The van der Waals surface area contributed by atoms with E-state index in [0.29, 0.717) is 6.04 Å². The fraction of sp³-hybridized carbons (Fsp3) is 1.00. The molecular weight excluding hydrogens is 212 g/mol. The molecule has 96 valence electrons. The summed E-state index contributed by atoms with van der Waals surface area (Å²) in [6.07, 6.45) is 6.97. The van der Waals surface area contributed by atoms with Gasteiger partial charge in [0.1, 0.15) is 0 Å². The molecule has 3 aliphatic carbocycles. The zero-order valence-corrected chi connectivity index (χ0v) is 10.5. The normalized spacial score (nSPS) is 50.3. The number of hydrogen-bond acceptors (Lipinski definition) is 3. The minimum atomic E-state index is 0.581. The summed E-state index contributed by atoms with van der Waals surface area (Å²) in [6.45, 7) is 1.88. The Labute approximate surface area is 103 Å². The van der Waals surface area contributed by atoms with Crippen molar-refractivity contribution in [3.05, 3.63) is 0 Å². The van der Waals surface area contributed by atoms with Crippen molar-refractivity contribution < 1.29 is 4.74 Å². The zero-order valence-electron chi connectivity index (χ0n) is 10.5. The molecule has 1 aliphatic heterocycles. The van der Waals surface area contributed by atoms with Gasteiger partial charge in [0.25, 0.3) is 0 Å². The van der Waals surface area contributed by atoms with E-state index in [1.54, 1.807) is 0 Å². The van der Waals surface area contributed by atoms with Gasteiger partial charge in [-0.1, -0.05) is 0 Å². The summed E-state index contributed by atoms with van der Waals surface area (Å²) in [4.78, 5) is 0. The number of fused-ring (bicyclic) bond motifs is 5. The van der Waals surface area contributed by atoms with Gasteiger partial charge in [0.2, 0.25) is 0 Å². The third-order valence-corrected chi connectivity index (χ3v) is 6.18. The quantitative estimate of drug-likeness (QED) is 0.577. The molecule has 1 heterocycles. The average Bonchev–Trinajstić information content (AvgIpc) is 2.81. The molecule has 5 atom stereocenters. The standard InChI is InChI=1S/C14H24N2O/c15-16-14(8-3-5-17-6-4-8)13-11-9-1-2-10(7-9)12(11)13/h8-14,16H,1-7,15H2. The second-order valence-electron chi connectivity index (χ2n) is 6.71. The van der Waals surface area contributed by atoms with Crippen LogP contribution in [0.15, 0.2) is 0 Å². The van der Waals surface area contributed by atoms with Gasteiger partial charge in [-0.05, 0) is 67.6 Å². The Balaban J connectivity index is 1.47. The van der Waals surface area contributed by atoms with E-state index in [4.69, 9.17) is 10.6 Å². The molecule has 3 heteroatoms. The molecule has 0 aromatic carbocycles.